The summed E-state index contributed by atoms with van der Waals surface area (Å²) in [6.45, 7) is 15.6. The van der Waals surface area contributed by atoms with Crippen LogP contribution in [0.15, 0.2) is 36.5 Å². The molecule has 1 atom stereocenters. The zero-order valence-corrected chi connectivity index (χ0v) is 29.1. The standard InChI is InChI=1S/C31H40F2N4O4.C2H6O.C2H6/c1-7-34-25-15-21(8-9-22(25)19-38)26-17-35(18-28(32)33)12-13-36(26)16-24-23-10-11-37(30(39)41-31(3,4)5)29(23)20(2)14-27(24)40-6;1-3-2;1-2/h8-11,14-15,19,26,28,34H,7,12-13,16-18H2,1-6H3;1-2H3;1-2H3. The Morgan fingerprint density at radius 1 is 1.11 bits per heavy atom. The van der Waals surface area contributed by atoms with Gasteiger partial charge in [-0.15, -0.1) is 0 Å². The smallest absolute Gasteiger partial charge is 0.419 e. The lowest BCUT2D eigenvalue weighted by Gasteiger charge is -2.42. The number of anilines is 1. The summed E-state index contributed by atoms with van der Waals surface area (Å²) in [4.78, 5) is 28.7. The summed E-state index contributed by atoms with van der Waals surface area (Å²) in [6, 6.07) is 9.22. The van der Waals surface area contributed by atoms with E-state index < -0.39 is 18.1 Å². The van der Waals surface area contributed by atoms with E-state index in [2.05, 4.69) is 15.0 Å². The van der Waals surface area contributed by atoms with Crippen LogP contribution in [0.1, 0.15) is 74.6 Å². The molecule has 2 heterocycles. The minimum Gasteiger partial charge on any atom is -0.496 e. The monoisotopic (exact) mass is 646 g/mol. The van der Waals surface area contributed by atoms with E-state index in [0.29, 0.717) is 44.0 Å². The summed E-state index contributed by atoms with van der Waals surface area (Å²) in [6.07, 6.45) is -0.363. The number of piperazine rings is 1. The van der Waals surface area contributed by atoms with Crippen LogP contribution in [0.25, 0.3) is 10.9 Å². The Morgan fingerprint density at radius 2 is 1.78 bits per heavy atom. The zero-order chi connectivity index (χ0) is 34.6. The highest BCUT2D eigenvalue weighted by molar-refractivity contribution is 5.95. The maximum absolute atomic E-state index is 13.4. The normalized spacial score (nSPS) is 15.5. The predicted molar refractivity (Wildman–Crippen MR) is 181 cm³/mol. The summed E-state index contributed by atoms with van der Waals surface area (Å²) < 4.78 is 44.0. The summed E-state index contributed by atoms with van der Waals surface area (Å²) in [5.41, 5.74) is 4.07. The number of carbonyl (C=O) groups excluding carboxylic acids is 2. The van der Waals surface area contributed by atoms with E-state index in [1.807, 2.05) is 72.7 Å². The Kier molecular flexibility index (Phi) is 15.1. The number of methoxy groups -OCH3 is 2. The Labute approximate surface area is 272 Å². The first-order chi connectivity index (χ1) is 21.9. The van der Waals surface area contributed by atoms with Crippen molar-refractivity contribution in [1.82, 2.24) is 14.4 Å². The lowest BCUT2D eigenvalue weighted by molar-refractivity contribution is 0.0246. The Hall–Kier alpha value is -3.54. The molecule has 1 unspecified atom stereocenters. The third-order valence-corrected chi connectivity index (χ3v) is 7.33. The number of nitrogens with one attached hydrogen (secondary N) is 1. The van der Waals surface area contributed by atoms with E-state index in [9.17, 15) is 18.4 Å². The molecule has 46 heavy (non-hydrogen) atoms. The lowest BCUT2D eigenvalue weighted by atomic mass is 9.97. The van der Waals surface area contributed by atoms with Crippen molar-refractivity contribution in [2.45, 2.75) is 73.1 Å². The van der Waals surface area contributed by atoms with Crippen molar-refractivity contribution >= 4 is 29.0 Å². The average Bonchev–Trinajstić information content (AvgIpc) is 3.46. The highest BCUT2D eigenvalue weighted by Gasteiger charge is 2.32. The molecule has 0 bridgehead atoms. The molecule has 1 aromatic heterocycles. The summed E-state index contributed by atoms with van der Waals surface area (Å²) in [5, 5.41) is 4.11. The topological polar surface area (TPSA) is 85.3 Å². The SMILES string of the molecule is CC.CCNc1cc(C2CN(CC(F)F)CCN2Cc2c(OC)cc(C)c3c2ccn3C(=O)OC(C)(C)C)ccc1C=O.COC. The van der Waals surface area contributed by atoms with Crippen LogP contribution in [0, 0.1) is 6.92 Å². The maximum Gasteiger partial charge on any atom is 0.419 e. The van der Waals surface area contributed by atoms with Crippen LogP contribution in [-0.2, 0) is 16.0 Å². The molecule has 1 aliphatic rings. The van der Waals surface area contributed by atoms with E-state index in [4.69, 9.17) is 9.47 Å². The second-order valence-electron chi connectivity index (χ2n) is 11.8. The van der Waals surface area contributed by atoms with E-state index >= 15 is 0 Å². The minimum atomic E-state index is -2.43. The molecule has 3 aromatic rings. The molecule has 11 heteroatoms. The molecule has 9 nitrogen and oxygen atoms in total. The van der Waals surface area contributed by atoms with Crippen molar-refractivity contribution in [1.29, 1.82) is 0 Å². The number of rotatable bonds is 9. The molecular weight excluding hydrogens is 594 g/mol. The van der Waals surface area contributed by atoms with Gasteiger partial charge in [0.1, 0.15) is 11.4 Å². The Bertz CT molecular complexity index is 1420. The van der Waals surface area contributed by atoms with Gasteiger partial charge in [0.05, 0.1) is 19.2 Å². The predicted octanol–water partition coefficient (Wildman–Crippen LogP) is 7.40. The van der Waals surface area contributed by atoms with Gasteiger partial charge in [-0.2, -0.15) is 0 Å². The molecule has 1 N–H and O–H groups in total. The van der Waals surface area contributed by atoms with E-state index in [1.54, 1.807) is 38.5 Å². The molecule has 256 valence electrons. The number of hydrogen-bond acceptors (Lipinski definition) is 8. The average molecular weight is 647 g/mol. The quantitative estimate of drug-likeness (QED) is 0.241. The zero-order valence-electron chi connectivity index (χ0n) is 29.1. The molecule has 0 amide bonds. The maximum atomic E-state index is 13.4. The van der Waals surface area contributed by atoms with Crippen LogP contribution < -0.4 is 10.1 Å². The van der Waals surface area contributed by atoms with E-state index in [-0.39, 0.29) is 12.6 Å². The van der Waals surface area contributed by atoms with Gasteiger partial charge in [-0.25, -0.2) is 13.6 Å². The van der Waals surface area contributed by atoms with Crippen molar-refractivity contribution in [3.63, 3.8) is 0 Å². The van der Waals surface area contributed by atoms with Gasteiger partial charge in [0.2, 0.25) is 0 Å². The summed E-state index contributed by atoms with van der Waals surface area (Å²) >= 11 is 0. The van der Waals surface area contributed by atoms with Crippen molar-refractivity contribution < 1.29 is 32.6 Å². The van der Waals surface area contributed by atoms with Crippen molar-refractivity contribution in [3.05, 3.63) is 58.8 Å². The van der Waals surface area contributed by atoms with Gasteiger partial charge >= 0.3 is 6.09 Å². The van der Waals surface area contributed by atoms with Gasteiger partial charge in [0.15, 0.2) is 6.29 Å². The van der Waals surface area contributed by atoms with Crippen LogP contribution >= 0.6 is 0 Å². The number of halogens is 2. The number of alkyl halides is 2. The van der Waals surface area contributed by atoms with Crippen molar-refractivity contribution in [2.24, 2.45) is 0 Å². The van der Waals surface area contributed by atoms with E-state index in [0.717, 1.165) is 39.6 Å². The number of nitrogens with zero attached hydrogens (tertiary/aromatic N) is 3. The summed E-state index contributed by atoms with van der Waals surface area (Å²) in [5.74, 6) is 0.690. The molecule has 0 aliphatic carbocycles. The van der Waals surface area contributed by atoms with Crippen LogP contribution in [0.5, 0.6) is 5.75 Å². The number of aldehydes is 1. The van der Waals surface area contributed by atoms with Crippen LogP contribution in [0.2, 0.25) is 0 Å². The molecule has 1 fully saturated rings. The number of carbonyl (C=O) groups is 2. The Morgan fingerprint density at radius 3 is 2.35 bits per heavy atom. The first-order valence-corrected chi connectivity index (χ1v) is 15.8. The summed E-state index contributed by atoms with van der Waals surface area (Å²) in [7, 11) is 4.87. The van der Waals surface area contributed by atoms with Crippen LogP contribution in [0.3, 0.4) is 0 Å². The third-order valence-electron chi connectivity index (χ3n) is 7.33. The van der Waals surface area contributed by atoms with Gasteiger partial charge in [-0.05, 0) is 70.0 Å². The highest BCUT2D eigenvalue weighted by Crippen LogP contribution is 2.37. The van der Waals surface area contributed by atoms with Gasteiger partial charge < -0.3 is 19.5 Å². The third kappa shape index (κ3) is 9.98. The van der Waals surface area contributed by atoms with Gasteiger partial charge in [-0.1, -0.05) is 19.9 Å². The molecule has 1 saturated heterocycles. The largest absolute Gasteiger partial charge is 0.496 e. The molecule has 0 radical (unpaired) electrons. The molecule has 2 aromatic carbocycles. The minimum absolute atomic E-state index is 0.213. The van der Waals surface area contributed by atoms with Gasteiger partial charge in [0.25, 0.3) is 6.43 Å². The van der Waals surface area contributed by atoms with Crippen LogP contribution in [0.4, 0.5) is 19.3 Å². The second-order valence-corrected chi connectivity index (χ2v) is 11.8. The van der Waals surface area contributed by atoms with Gasteiger partial charge in [0, 0.05) is 81.4 Å². The molecule has 4 rings (SSSR count). The number of hydrogen-bond donors (Lipinski definition) is 1. The second kappa shape index (κ2) is 18.0. The fourth-order valence-electron chi connectivity index (χ4n) is 5.55. The number of ether oxygens (including phenoxy) is 3. The number of fused-ring (bicyclic) bond motifs is 1. The first-order valence-electron chi connectivity index (χ1n) is 15.8. The molecular formula is C35H52F2N4O5. The van der Waals surface area contributed by atoms with Crippen LogP contribution in [-0.4, -0.2) is 92.8 Å². The molecule has 0 spiro atoms. The highest BCUT2D eigenvalue weighted by atomic mass is 19.3. The lowest BCUT2D eigenvalue weighted by Crippen LogP contribution is -2.49. The number of aromatic nitrogens is 1. The first kappa shape index (κ1) is 38.6. The fourth-order valence-corrected chi connectivity index (χ4v) is 5.55. The van der Waals surface area contributed by atoms with E-state index in [1.165, 1.54) is 4.57 Å². The number of aryl methyl sites for hydroxylation is 1. The van der Waals surface area contributed by atoms with Crippen molar-refractivity contribution in [2.75, 3.05) is 59.4 Å². The fraction of sp³-hybridized carbons (Fsp3) is 0.543. The molecule has 0 saturated carbocycles. The van der Waals surface area contributed by atoms with Gasteiger partial charge in [-0.3, -0.25) is 19.2 Å². The molecule has 1 aliphatic heterocycles. The Balaban J connectivity index is 0.00000139. The van der Waals surface area contributed by atoms with Crippen molar-refractivity contribution in [3.8, 4) is 5.75 Å². The number of benzene rings is 2.